The molecule has 5 heteroatoms. The number of hydrogen-bond acceptors (Lipinski definition) is 3. The van der Waals surface area contributed by atoms with Gasteiger partial charge in [0.15, 0.2) is 11.6 Å². The van der Waals surface area contributed by atoms with Crippen molar-refractivity contribution in [1.29, 1.82) is 0 Å². The first-order valence-corrected chi connectivity index (χ1v) is 6.03. The second-order valence-electron chi connectivity index (χ2n) is 4.55. The van der Waals surface area contributed by atoms with Gasteiger partial charge >= 0.3 is 5.97 Å². The molecule has 0 radical (unpaired) electrons. The molecule has 0 aromatic heterocycles. The van der Waals surface area contributed by atoms with E-state index in [1.165, 1.54) is 12.1 Å². The molecule has 0 saturated heterocycles. The van der Waals surface area contributed by atoms with E-state index in [9.17, 15) is 9.18 Å². The third kappa shape index (κ3) is 2.79. The van der Waals surface area contributed by atoms with E-state index < -0.39 is 11.8 Å². The molecule has 2 rings (SSSR count). The van der Waals surface area contributed by atoms with Gasteiger partial charge in [-0.2, -0.15) is 0 Å². The highest BCUT2D eigenvalue weighted by molar-refractivity contribution is 5.87. The molecule has 0 amide bonds. The number of aromatic carboxylic acids is 1. The Morgan fingerprint density at radius 3 is 2.72 bits per heavy atom. The van der Waals surface area contributed by atoms with Gasteiger partial charge in [-0.25, -0.2) is 9.18 Å². The molecule has 1 aliphatic carbocycles. The number of ether oxygens (including phenoxy) is 1. The fourth-order valence-corrected chi connectivity index (χ4v) is 2.16. The number of carboxylic acid groups (broad SMARTS) is 1. The van der Waals surface area contributed by atoms with Crippen LogP contribution < -0.4 is 10.5 Å². The standard InChI is InChI=1S/C13H16FNO3/c14-9-7-8(13(16)17)5-6-11(9)18-12-4-2-1-3-10(12)15/h5-7,10,12H,1-4,15H2,(H,16,17). The molecule has 0 spiro atoms. The van der Waals surface area contributed by atoms with Crippen molar-refractivity contribution in [1.82, 2.24) is 0 Å². The highest BCUT2D eigenvalue weighted by Crippen LogP contribution is 2.25. The number of hydrogen-bond donors (Lipinski definition) is 2. The molecular formula is C13H16FNO3. The minimum atomic E-state index is -1.16. The summed E-state index contributed by atoms with van der Waals surface area (Å²) in [5.74, 6) is -1.75. The second-order valence-corrected chi connectivity index (χ2v) is 4.55. The minimum Gasteiger partial charge on any atom is -0.486 e. The Balaban J connectivity index is 2.11. The molecule has 0 aliphatic heterocycles. The molecule has 1 aromatic carbocycles. The predicted octanol–water partition coefficient (Wildman–Crippen LogP) is 2.17. The van der Waals surface area contributed by atoms with Crippen molar-refractivity contribution >= 4 is 5.97 Å². The normalized spacial score (nSPS) is 23.7. The fourth-order valence-electron chi connectivity index (χ4n) is 2.16. The van der Waals surface area contributed by atoms with Crippen LogP contribution in [0.15, 0.2) is 18.2 Å². The summed E-state index contributed by atoms with van der Waals surface area (Å²) in [7, 11) is 0. The average Bonchev–Trinajstić information content (AvgIpc) is 2.34. The van der Waals surface area contributed by atoms with E-state index in [-0.39, 0.29) is 23.5 Å². The van der Waals surface area contributed by atoms with Gasteiger partial charge in [-0.05, 0) is 37.5 Å². The summed E-state index contributed by atoms with van der Waals surface area (Å²) in [6, 6.07) is 3.55. The van der Waals surface area contributed by atoms with Crippen molar-refractivity contribution in [2.24, 2.45) is 5.73 Å². The first kappa shape index (κ1) is 12.8. The van der Waals surface area contributed by atoms with Gasteiger partial charge in [-0.3, -0.25) is 0 Å². The van der Waals surface area contributed by atoms with E-state index in [1.54, 1.807) is 0 Å². The first-order chi connectivity index (χ1) is 8.58. The molecule has 1 fully saturated rings. The van der Waals surface area contributed by atoms with Crippen LogP contribution >= 0.6 is 0 Å². The maximum absolute atomic E-state index is 13.7. The van der Waals surface area contributed by atoms with E-state index >= 15 is 0 Å². The van der Waals surface area contributed by atoms with Crippen LogP contribution in [0.2, 0.25) is 0 Å². The van der Waals surface area contributed by atoms with E-state index in [2.05, 4.69) is 0 Å². The Morgan fingerprint density at radius 1 is 1.39 bits per heavy atom. The lowest BCUT2D eigenvalue weighted by atomic mass is 9.93. The first-order valence-electron chi connectivity index (χ1n) is 6.03. The zero-order valence-corrected chi connectivity index (χ0v) is 9.93. The van der Waals surface area contributed by atoms with Gasteiger partial charge in [0.1, 0.15) is 6.10 Å². The monoisotopic (exact) mass is 253 g/mol. The number of carbonyl (C=O) groups is 1. The smallest absolute Gasteiger partial charge is 0.335 e. The molecule has 2 unspecified atom stereocenters. The van der Waals surface area contributed by atoms with Gasteiger partial charge in [0.25, 0.3) is 0 Å². The van der Waals surface area contributed by atoms with Gasteiger partial charge in [0.2, 0.25) is 0 Å². The molecule has 4 nitrogen and oxygen atoms in total. The van der Waals surface area contributed by atoms with Crippen molar-refractivity contribution in [3.8, 4) is 5.75 Å². The maximum Gasteiger partial charge on any atom is 0.335 e. The summed E-state index contributed by atoms with van der Waals surface area (Å²) < 4.78 is 19.2. The van der Waals surface area contributed by atoms with Crippen molar-refractivity contribution in [2.75, 3.05) is 0 Å². The van der Waals surface area contributed by atoms with Crippen LogP contribution in [0.1, 0.15) is 36.0 Å². The summed E-state index contributed by atoms with van der Waals surface area (Å²) in [6.07, 6.45) is 3.58. The molecule has 3 N–H and O–H groups in total. The number of rotatable bonds is 3. The van der Waals surface area contributed by atoms with Crippen LogP contribution in [0.3, 0.4) is 0 Å². The van der Waals surface area contributed by atoms with Crippen LogP contribution in [0, 0.1) is 5.82 Å². The zero-order valence-electron chi connectivity index (χ0n) is 9.93. The number of halogens is 1. The van der Waals surface area contributed by atoms with Crippen molar-refractivity contribution in [2.45, 2.75) is 37.8 Å². The van der Waals surface area contributed by atoms with Gasteiger partial charge < -0.3 is 15.6 Å². The van der Waals surface area contributed by atoms with Gasteiger partial charge in [0, 0.05) is 6.04 Å². The second kappa shape index (κ2) is 5.35. The largest absolute Gasteiger partial charge is 0.486 e. The lowest BCUT2D eigenvalue weighted by Crippen LogP contribution is -2.41. The molecule has 18 heavy (non-hydrogen) atoms. The highest BCUT2D eigenvalue weighted by atomic mass is 19.1. The molecule has 98 valence electrons. The zero-order chi connectivity index (χ0) is 13.1. The van der Waals surface area contributed by atoms with E-state index in [0.29, 0.717) is 0 Å². The van der Waals surface area contributed by atoms with Crippen LogP contribution in [0.5, 0.6) is 5.75 Å². The molecule has 2 atom stereocenters. The Morgan fingerprint density at radius 2 is 2.11 bits per heavy atom. The summed E-state index contributed by atoms with van der Waals surface area (Å²) in [4.78, 5) is 10.7. The quantitative estimate of drug-likeness (QED) is 0.866. The summed E-state index contributed by atoms with van der Waals surface area (Å²) in [6.45, 7) is 0. The Labute approximate surface area is 105 Å². The summed E-state index contributed by atoms with van der Waals surface area (Å²) in [5.41, 5.74) is 5.82. The van der Waals surface area contributed by atoms with Crippen LogP contribution in [0.25, 0.3) is 0 Å². The molecule has 0 heterocycles. The van der Waals surface area contributed by atoms with Crippen LogP contribution in [0.4, 0.5) is 4.39 Å². The molecule has 0 bridgehead atoms. The third-order valence-electron chi connectivity index (χ3n) is 3.21. The van der Waals surface area contributed by atoms with E-state index in [0.717, 1.165) is 31.7 Å². The minimum absolute atomic E-state index is 0.0716. The van der Waals surface area contributed by atoms with Crippen LogP contribution in [-0.2, 0) is 0 Å². The summed E-state index contributed by atoms with van der Waals surface area (Å²) >= 11 is 0. The van der Waals surface area contributed by atoms with Crippen molar-refractivity contribution in [3.63, 3.8) is 0 Å². The Bertz CT molecular complexity index is 450. The Kier molecular flexibility index (Phi) is 3.81. The SMILES string of the molecule is NC1CCCCC1Oc1ccc(C(=O)O)cc1F. The number of nitrogens with two attached hydrogens (primary N) is 1. The van der Waals surface area contributed by atoms with Gasteiger partial charge in [-0.15, -0.1) is 0 Å². The topological polar surface area (TPSA) is 72.5 Å². The Hall–Kier alpha value is -1.62. The molecule has 1 aromatic rings. The number of carboxylic acids is 1. The summed E-state index contributed by atoms with van der Waals surface area (Å²) in [5, 5.41) is 8.74. The highest BCUT2D eigenvalue weighted by Gasteiger charge is 2.24. The van der Waals surface area contributed by atoms with Gasteiger partial charge in [-0.1, -0.05) is 6.42 Å². The lowest BCUT2D eigenvalue weighted by molar-refractivity contribution is 0.0696. The van der Waals surface area contributed by atoms with E-state index in [4.69, 9.17) is 15.6 Å². The fraction of sp³-hybridized carbons (Fsp3) is 0.462. The third-order valence-corrected chi connectivity index (χ3v) is 3.21. The van der Waals surface area contributed by atoms with Gasteiger partial charge in [0.05, 0.1) is 5.56 Å². The predicted molar refractivity (Wildman–Crippen MR) is 64.2 cm³/mol. The average molecular weight is 253 g/mol. The maximum atomic E-state index is 13.7. The molecule has 1 saturated carbocycles. The lowest BCUT2D eigenvalue weighted by Gasteiger charge is -2.29. The van der Waals surface area contributed by atoms with E-state index in [1.807, 2.05) is 0 Å². The van der Waals surface area contributed by atoms with Crippen LogP contribution in [-0.4, -0.2) is 23.2 Å². The number of benzene rings is 1. The van der Waals surface area contributed by atoms with Crippen molar-refractivity contribution < 1.29 is 19.0 Å². The molecule has 1 aliphatic rings. The van der Waals surface area contributed by atoms with Crippen molar-refractivity contribution in [3.05, 3.63) is 29.6 Å². The molecular weight excluding hydrogens is 237 g/mol.